The number of hydrogen-bond donors (Lipinski definition) is 1. The van der Waals surface area contributed by atoms with Gasteiger partial charge in [-0.05, 0) is 42.8 Å². The summed E-state index contributed by atoms with van der Waals surface area (Å²) in [6.07, 6.45) is 1.18. The summed E-state index contributed by atoms with van der Waals surface area (Å²) in [4.78, 5) is 23.5. The largest absolute Gasteiger partial charge is 0.482 e. The second-order valence-electron chi connectivity index (χ2n) is 5.16. The Bertz CT molecular complexity index is 730. The first-order valence-electron chi connectivity index (χ1n) is 7.50. The van der Waals surface area contributed by atoms with E-state index in [0.717, 1.165) is 18.6 Å². The highest BCUT2D eigenvalue weighted by atomic mass is 19.1. The fraction of sp³-hybridized carbons (Fsp3) is 0.222. The zero-order valence-electron chi connectivity index (χ0n) is 13.1. The molecule has 1 N–H and O–H groups in total. The lowest BCUT2D eigenvalue weighted by Gasteiger charge is -2.08. The Morgan fingerprint density at radius 3 is 2.42 bits per heavy atom. The molecule has 0 aliphatic carbocycles. The Kier molecular flexibility index (Phi) is 6.01. The Morgan fingerprint density at radius 1 is 1.08 bits per heavy atom. The number of ether oxygens (including phenoxy) is 1. The van der Waals surface area contributed by atoms with Gasteiger partial charge in [0.05, 0.1) is 0 Å². The van der Waals surface area contributed by atoms with Crippen molar-refractivity contribution in [1.82, 2.24) is 0 Å². The van der Waals surface area contributed by atoms with Gasteiger partial charge in [0.15, 0.2) is 24.0 Å². The molecule has 0 fully saturated rings. The highest BCUT2D eigenvalue weighted by Gasteiger charge is 2.10. The fourth-order valence-corrected chi connectivity index (χ4v) is 2.01. The van der Waals surface area contributed by atoms with Crippen LogP contribution in [0, 0.1) is 11.6 Å². The molecule has 2 rings (SSSR count). The van der Waals surface area contributed by atoms with Gasteiger partial charge in [0.25, 0.3) is 0 Å². The molecule has 0 aliphatic heterocycles. The van der Waals surface area contributed by atoms with Crippen LogP contribution in [-0.4, -0.2) is 18.3 Å². The number of nitrogens with one attached hydrogen (secondary N) is 1. The van der Waals surface area contributed by atoms with E-state index >= 15 is 0 Å². The van der Waals surface area contributed by atoms with Crippen LogP contribution in [0.5, 0.6) is 5.75 Å². The lowest BCUT2D eigenvalue weighted by Crippen LogP contribution is -2.13. The number of carbonyl (C=O) groups excluding carboxylic acids is 2. The van der Waals surface area contributed by atoms with E-state index < -0.39 is 11.6 Å². The SMILES string of the molecule is CCCC(=O)Nc1ccc(C(=O)COc2ccc(F)cc2F)cc1. The number of carbonyl (C=O) groups is 2. The van der Waals surface area contributed by atoms with E-state index in [9.17, 15) is 18.4 Å². The summed E-state index contributed by atoms with van der Waals surface area (Å²) in [6.45, 7) is 1.54. The first-order chi connectivity index (χ1) is 11.5. The number of rotatable bonds is 7. The number of anilines is 1. The van der Waals surface area contributed by atoms with Gasteiger partial charge < -0.3 is 10.1 Å². The molecule has 0 heterocycles. The van der Waals surface area contributed by atoms with Crippen LogP contribution in [0.25, 0.3) is 0 Å². The monoisotopic (exact) mass is 333 g/mol. The zero-order chi connectivity index (χ0) is 17.5. The zero-order valence-corrected chi connectivity index (χ0v) is 13.1. The lowest BCUT2D eigenvalue weighted by molar-refractivity contribution is -0.116. The van der Waals surface area contributed by atoms with E-state index in [4.69, 9.17) is 4.74 Å². The van der Waals surface area contributed by atoms with E-state index in [-0.39, 0.29) is 24.0 Å². The molecule has 0 saturated heterocycles. The van der Waals surface area contributed by atoms with Crippen molar-refractivity contribution in [2.24, 2.45) is 0 Å². The number of benzene rings is 2. The second-order valence-corrected chi connectivity index (χ2v) is 5.16. The van der Waals surface area contributed by atoms with Gasteiger partial charge >= 0.3 is 0 Å². The van der Waals surface area contributed by atoms with Crippen molar-refractivity contribution in [2.75, 3.05) is 11.9 Å². The molecule has 0 bridgehead atoms. The molecule has 0 spiro atoms. The number of Topliss-reactive ketones (excluding diaryl/α,β-unsaturated/α-hetero) is 1. The predicted octanol–water partition coefficient (Wildman–Crippen LogP) is 3.97. The minimum Gasteiger partial charge on any atom is -0.482 e. The highest BCUT2D eigenvalue weighted by Crippen LogP contribution is 2.18. The maximum atomic E-state index is 13.4. The smallest absolute Gasteiger partial charge is 0.224 e. The average molecular weight is 333 g/mol. The second kappa shape index (κ2) is 8.19. The van der Waals surface area contributed by atoms with Crippen LogP contribution in [0.3, 0.4) is 0 Å². The fourth-order valence-electron chi connectivity index (χ4n) is 2.01. The summed E-state index contributed by atoms with van der Waals surface area (Å²) in [5.41, 5.74) is 0.960. The summed E-state index contributed by atoms with van der Waals surface area (Å²) in [6, 6.07) is 9.19. The van der Waals surface area contributed by atoms with Crippen LogP contribution < -0.4 is 10.1 Å². The molecule has 2 aromatic carbocycles. The lowest BCUT2D eigenvalue weighted by atomic mass is 10.1. The maximum absolute atomic E-state index is 13.4. The van der Waals surface area contributed by atoms with Crippen molar-refractivity contribution < 1.29 is 23.1 Å². The van der Waals surface area contributed by atoms with Gasteiger partial charge in [0.1, 0.15) is 5.82 Å². The van der Waals surface area contributed by atoms with Crippen molar-refractivity contribution in [1.29, 1.82) is 0 Å². The minimum absolute atomic E-state index is 0.0910. The highest BCUT2D eigenvalue weighted by molar-refractivity contribution is 5.98. The van der Waals surface area contributed by atoms with E-state index in [1.54, 1.807) is 24.3 Å². The molecule has 2 aromatic rings. The Hall–Kier alpha value is -2.76. The van der Waals surface area contributed by atoms with E-state index in [1.165, 1.54) is 0 Å². The Balaban J connectivity index is 1.93. The first kappa shape index (κ1) is 17.6. The summed E-state index contributed by atoms with van der Waals surface area (Å²) in [5, 5.41) is 2.71. The van der Waals surface area contributed by atoms with Crippen LogP contribution in [0.2, 0.25) is 0 Å². The van der Waals surface area contributed by atoms with Gasteiger partial charge in [-0.1, -0.05) is 6.92 Å². The third-order valence-corrected chi connectivity index (χ3v) is 3.22. The van der Waals surface area contributed by atoms with Crippen molar-refractivity contribution in [2.45, 2.75) is 19.8 Å². The van der Waals surface area contributed by atoms with Gasteiger partial charge in [-0.3, -0.25) is 9.59 Å². The van der Waals surface area contributed by atoms with Gasteiger partial charge in [0.2, 0.25) is 5.91 Å². The summed E-state index contributed by atoms with van der Waals surface area (Å²) >= 11 is 0. The van der Waals surface area contributed by atoms with E-state index in [0.29, 0.717) is 23.7 Å². The standard InChI is InChI=1S/C18H17F2NO3/c1-2-3-18(23)21-14-7-4-12(5-8-14)16(22)11-24-17-9-6-13(19)10-15(17)20/h4-10H,2-3,11H2,1H3,(H,21,23). The molecule has 4 nitrogen and oxygen atoms in total. The quantitative estimate of drug-likeness (QED) is 0.780. The number of halogens is 2. The molecule has 0 saturated carbocycles. The molecule has 0 aromatic heterocycles. The first-order valence-corrected chi connectivity index (χ1v) is 7.50. The molecule has 6 heteroatoms. The van der Waals surface area contributed by atoms with Crippen molar-refractivity contribution in [3.63, 3.8) is 0 Å². The average Bonchev–Trinajstić information content (AvgIpc) is 2.54. The van der Waals surface area contributed by atoms with Crippen LogP contribution >= 0.6 is 0 Å². The topological polar surface area (TPSA) is 55.4 Å². The van der Waals surface area contributed by atoms with E-state index in [2.05, 4.69) is 5.32 Å². The molecular weight excluding hydrogens is 316 g/mol. The van der Waals surface area contributed by atoms with Crippen LogP contribution in [0.4, 0.5) is 14.5 Å². The maximum Gasteiger partial charge on any atom is 0.224 e. The van der Waals surface area contributed by atoms with Crippen LogP contribution in [0.15, 0.2) is 42.5 Å². The third kappa shape index (κ3) is 4.87. The molecule has 0 aliphatic rings. The molecule has 0 unspecified atom stereocenters. The van der Waals surface area contributed by atoms with Gasteiger partial charge in [-0.25, -0.2) is 8.78 Å². The number of hydrogen-bond acceptors (Lipinski definition) is 3. The van der Waals surface area contributed by atoms with Gasteiger partial charge in [-0.2, -0.15) is 0 Å². The molecule has 0 radical (unpaired) electrons. The van der Waals surface area contributed by atoms with Crippen molar-refractivity contribution in [3.8, 4) is 5.75 Å². The number of amides is 1. The summed E-state index contributed by atoms with van der Waals surface area (Å²) in [5.74, 6) is -2.21. The molecule has 1 amide bonds. The van der Waals surface area contributed by atoms with Gasteiger partial charge in [-0.15, -0.1) is 0 Å². The summed E-state index contributed by atoms with van der Waals surface area (Å²) in [7, 11) is 0. The van der Waals surface area contributed by atoms with Gasteiger partial charge in [0, 0.05) is 23.7 Å². The van der Waals surface area contributed by atoms with Crippen LogP contribution in [-0.2, 0) is 4.79 Å². The van der Waals surface area contributed by atoms with Crippen molar-refractivity contribution in [3.05, 3.63) is 59.7 Å². The molecule has 24 heavy (non-hydrogen) atoms. The minimum atomic E-state index is -0.864. The van der Waals surface area contributed by atoms with E-state index in [1.807, 2.05) is 6.92 Å². The Labute approximate surface area is 138 Å². The predicted molar refractivity (Wildman–Crippen MR) is 86.2 cm³/mol. The molecule has 0 atom stereocenters. The molecular formula is C18H17F2NO3. The molecule has 126 valence electrons. The van der Waals surface area contributed by atoms with Crippen molar-refractivity contribution >= 4 is 17.4 Å². The summed E-state index contributed by atoms with van der Waals surface area (Å²) < 4.78 is 31.3. The number of ketones is 1. The third-order valence-electron chi connectivity index (χ3n) is 3.22. The Morgan fingerprint density at radius 2 is 1.79 bits per heavy atom. The normalized spacial score (nSPS) is 10.3. The van der Waals surface area contributed by atoms with Crippen LogP contribution in [0.1, 0.15) is 30.1 Å².